The number of carbonyl (C=O) groups excluding carboxylic acids is 1. The molecule has 1 amide bonds. The minimum Gasteiger partial charge on any atom is -0.355 e. The number of piperidine rings is 1. The fraction of sp³-hybridized carbons (Fsp3) is 0.536. The molecule has 0 spiro atoms. The van der Waals surface area contributed by atoms with Crippen LogP contribution in [-0.4, -0.2) is 82.3 Å². The van der Waals surface area contributed by atoms with Gasteiger partial charge in [0.15, 0.2) is 11.3 Å². The van der Waals surface area contributed by atoms with Gasteiger partial charge in [0.25, 0.3) is 0 Å². The van der Waals surface area contributed by atoms with E-state index in [-0.39, 0.29) is 17.6 Å². The van der Waals surface area contributed by atoms with Gasteiger partial charge in [-0.1, -0.05) is 29.3 Å². The molecule has 9 nitrogen and oxygen atoms in total. The molecule has 0 aliphatic carbocycles. The molecule has 3 aromatic rings. The number of hydrogen-bond donors (Lipinski definition) is 0. The Morgan fingerprint density at radius 2 is 2.03 bits per heavy atom. The summed E-state index contributed by atoms with van der Waals surface area (Å²) in [5, 5.41) is 15.3. The van der Waals surface area contributed by atoms with Crippen molar-refractivity contribution in [3.63, 3.8) is 0 Å². The number of rotatable bonds is 8. The highest BCUT2D eigenvalue weighted by atomic mass is 35.5. The molecule has 2 aromatic heterocycles. The van der Waals surface area contributed by atoms with Gasteiger partial charge in [-0.25, -0.2) is 14.6 Å². The molecule has 0 saturated carbocycles. The van der Waals surface area contributed by atoms with Crippen molar-refractivity contribution in [2.75, 3.05) is 51.7 Å². The predicted molar refractivity (Wildman–Crippen MR) is 153 cm³/mol. The van der Waals surface area contributed by atoms with Crippen LogP contribution in [0.2, 0.25) is 10.0 Å². The number of aromatic nitrogens is 4. The molecule has 11 heteroatoms. The molecule has 2 fully saturated rings. The van der Waals surface area contributed by atoms with Gasteiger partial charge in [-0.15, -0.1) is 0 Å². The summed E-state index contributed by atoms with van der Waals surface area (Å²) in [6, 6.07) is 7.27. The van der Waals surface area contributed by atoms with Gasteiger partial charge in [0.05, 0.1) is 12.2 Å². The van der Waals surface area contributed by atoms with Crippen LogP contribution in [0.15, 0.2) is 24.4 Å². The molecule has 1 unspecified atom stereocenters. The fourth-order valence-electron chi connectivity index (χ4n) is 5.72. The molecule has 0 bridgehead atoms. The molecule has 0 radical (unpaired) electrons. The van der Waals surface area contributed by atoms with Gasteiger partial charge < -0.3 is 14.7 Å². The third kappa shape index (κ3) is 5.84. The van der Waals surface area contributed by atoms with E-state index in [0.717, 1.165) is 50.5 Å². The van der Waals surface area contributed by atoms with E-state index >= 15 is 0 Å². The molecule has 206 valence electrons. The van der Waals surface area contributed by atoms with Crippen LogP contribution in [0.5, 0.6) is 0 Å². The predicted octanol–water partition coefficient (Wildman–Crippen LogP) is 4.63. The van der Waals surface area contributed by atoms with E-state index in [4.69, 9.17) is 28.2 Å². The number of benzene rings is 1. The molecule has 4 heterocycles. The lowest BCUT2D eigenvalue weighted by atomic mass is 9.80. The Labute approximate surface area is 239 Å². The molecule has 2 saturated heterocycles. The lowest BCUT2D eigenvalue weighted by molar-refractivity contribution is -0.128. The first-order valence-electron chi connectivity index (χ1n) is 13.5. The monoisotopic (exact) mass is 568 g/mol. The minimum absolute atomic E-state index is 0.199. The second kappa shape index (κ2) is 11.7. The quantitative estimate of drug-likeness (QED) is 0.391. The van der Waals surface area contributed by atoms with Crippen LogP contribution in [0, 0.1) is 23.2 Å². The highest BCUT2D eigenvalue weighted by molar-refractivity contribution is 6.35. The van der Waals surface area contributed by atoms with Crippen LogP contribution in [0.1, 0.15) is 49.9 Å². The third-order valence-corrected chi connectivity index (χ3v) is 8.64. The van der Waals surface area contributed by atoms with E-state index in [0.29, 0.717) is 39.5 Å². The summed E-state index contributed by atoms with van der Waals surface area (Å²) in [5.41, 5.74) is 2.16. The normalized spacial score (nSPS) is 19.1. The van der Waals surface area contributed by atoms with Gasteiger partial charge in [0.2, 0.25) is 5.91 Å². The van der Waals surface area contributed by atoms with E-state index in [1.165, 1.54) is 12.8 Å². The summed E-state index contributed by atoms with van der Waals surface area (Å²) in [6.07, 6.45) is 5.72. The molecule has 39 heavy (non-hydrogen) atoms. The Bertz CT molecular complexity index is 1390. The van der Waals surface area contributed by atoms with Gasteiger partial charge >= 0.3 is 0 Å². The Morgan fingerprint density at radius 1 is 1.23 bits per heavy atom. The number of halogens is 2. The van der Waals surface area contributed by atoms with E-state index in [1.54, 1.807) is 27.9 Å². The smallest absolute Gasteiger partial charge is 0.222 e. The molecule has 0 N–H and O–H groups in total. The van der Waals surface area contributed by atoms with Crippen LogP contribution in [0.25, 0.3) is 11.2 Å². The molecule has 2 aliphatic heterocycles. The first-order valence-corrected chi connectivity index (χ1v) is 14.3. The molecule has 5 rings (SSSR count). The van der Waals surface area contributed by atoms with E-state index in [2.05, 4.69) is 26.0 Å². The maximum atomic E-state index is 11.9. The average molecular weight is 570 g/mol. The van der Waals surface area contributed by atoms with Crippen molar-refractivity contribution in [1.29, 1.82) is 5.26 Å². The summed E-state index contributed by atoms with van der Waals surface area (Å²) in [7, 11) is 3.63. The van der Waals surface area contributed by atoms with Crippen molar-refractivity contribution in [3.8, 4) is 6.07 Å². The number of amides is 1. The zero-order valence-electron chi connectivity index (χ0n) is 22.6. The third-order valence-electron chi connectivity index (χ3n) is 8.08. The minimum atomic E-state index is -0.255. The number of nitriles is 1. The number of fused-ring (bicyclic) bond motifs is 1. The van der Waals surface area contributed by atoms with Crippen LogP contribution < -0.4 is 4.90 Å². The lowest BCUT2D eigenvalue weighted by Gasteiger charge is -2.47. The van der Waals surface area contributed by atoms with E-state index < -0.39 is 0 Å². The van der Waals surface area contributed by atoms with Crippen LogP contribution in [-0.2, 0) is 4.79 Å². The lowest BCUT2D eigenvalue weighted by Crippen LogP contribution is -2.54. The van der Waals surface area contributed by atoms with Crippen molar-refractivity contribution in [2.24, 2.45) is 11.8 Å². The van der Waals surface area contributed by atoms with Crippen molar-refractivity contribution in [2.45, 2.75) is 38.6 Å². The summed E-state index contributed by atoms with van der Waals surface area (Å²) in [5.74, 6) is 2.26. The summed E-state index contributed by atoms with van der Waals surface area (Å²) >= 11 is 12.6. The number of hydrogen-bond acceptors (Lipinski definition) is 7. The molecular weight excluding hydrogens is 535 g/mol. The first kappa shape index (κ1) is 27.6. The summed E-state index contributed by atoms with van der Waals surface area (Å²) < 4.78 is 1.73. The first-order chi connectivity index (χ1) is 18.7. The van der Waals surface area contributed by atoms with Crippen LogP contribution in [0.4, 0.5) is 5.82 Å². The highest BCUT2D eigenvalue weighted by Gasteiger charge is 2.36. The molecule has 2 atom stereocenters. The van der Waals surface area contributed by atoms with Gasteiger partial charge in [-0.05, 0) is 68.8 Å². The Hall–Kier alpha value is -2.93. The van der Waals surface area contributed by atoms with Crippen molar-refractivity contribution in [1.82, 2.24) is 29.5 Å². The second-order valence-electron chi connectivity index (χ2n) is 10.9. The number of nitrogens with zero attached hydrogens (tertiary/aromatic N) is 8. The summed E-state index contributed by atoms with van der Waals surface area (Å²) in [6.45, 7) is 7.05. The van der Waals surface area contributed by atoms with Crippen molar-refractivity contribution in [3.05, 3.63) is 45.7 Å². The standard InChI is InChI=1S/C28H34Cl2N8O/c1-18(22-9-8-21(29)12-23(22)30)38-28-27(24(13-31)34-38)32-14-25(33-28)37-16-20(17-37)19-6-4-10-36(15-19)11-5-7-26(39)35(2)3/h8-9,12,14,18-20H,4-7,10-11,15-17H2,1-3H3/t18?,19-/m1/s1. The fourth-order valence-corrected chi connectivity index (χ4v) is 6.29. The number of carbonyl (C=O) groups is 1. The maximum Gasteiger partial charge on any atom is 0.222 e. The van der Waals surface area contributed by atoms with Gasteiger partial charge in [0, 0.05) is 50.2 Å². The SMILES string of the molecule is CC(c1ccc(Cl)cc1Cl)n1nc(C#N)c2ncc(N3CC([C@@H]4CCCN(CCCC(=O)N(C)C)C4)C3)nc21. The number of likely N-dealkylation sites (tertiary alicyclic amines) is 1. The average Bonchev–Trinajstić information content (AvgIpc) is 3.26. The van der Waals surface area contributed by atoms with Gasteiger partial charge in [0.1, 0.15) is 17.4 Å². The maximum absolute atomic E-state index is 11.9. The number of anilines is 1. The molecule has 1 aromatic carbocycles. The van der Waals surface area contributed by atoms with Crippen LogP contribution in [0.3, 0.4) is 0 Å². The van der Waals surface area contributed by atoms with Gasteiger partial charge in [-0.3, -0.25) is 4.79 Å². The largest absolute Gasteiger partial charge is 0.355 e. The molecular formula is C28H34Cl2N8O. The second-order valence-corrected chi connectivity index (χ2v) is 11.8. The Kier molecular flexibility index (Phi) is 8.27. The van der Waals surface area contributed by atoms with E-state index in [9.17, 15) is 10.1 Å². The zero-order chi connectivity index (χ0) is 27.7. The van der Waals surface area contributed by atoms with Crippen molar-refractivity contribution >= 4 is 46.1 Å². The summed E-state index contributed by atoms with van der Waals surface area (Å²) in [4.78, 5) is 27.9. The Morgan fingerprint density at radius 3 is 2.74 bits per heavy atom. The molecule has 2 aliphatic rings. The van der Waals surface area contributed by atoms with E-state index in [1.807, 2.05) is 27.1 Å². The van der Waals surface area contributed by atoms with Crippen molar-refractivity contribution < 1.29 is 4.79 Å². The zero-order valence-corrected chi connectivity index (χ0v) is 24.2. The van der Waals surface area contributed by atoms with Crippen LogP contribution >= 0.6 is 23.2 Å². The highest BCUT2D eigenvalue weighted by Crippen LogP contribution is 2.35. The topological polar surface area (TPSA) is 94.2 Å². The Balaban J connectivity index is 1.26. The van der Waals surface area contributed by atoms with Gasteiger partial charge in [-0.2, -0.15) is 10.4 Å².